The molecule has 1 fully saturated rings. The second kappa shape index (κ2) is 7.64. The summed E-state index contributed by atoms with van der Waals surface area (Å²) in [4.78, 5) is 12.0. The number of allylic oxidation sites excluding steroid dienone is 1. The number of nitrogens with zero attached hydrogens (tertiary/aromatic N) is 3. The Morgan fingerprint density at radius 3 is 2.86 bits per heavy atom. The number of thioether (sulfide) groups is 1. The number of aromatic nitrogens is 3. The van der Waals surface area contributed by atoms with Gasteiger partial charge in [-0.25, -0.2) is 0 Å². The van der Waals surface area contributed by atoms with Gasteiger partial charge in [-0.05, 0) is 26.2 Å². The van der Waals surface area contributed by atoms with Crippen LogP contribution in [0.25, 0.3) is 0 Å². The second-order valence-corrected chi connectivity index (χ2v) is 6.33. The summed E-state index contributed by atoms with van der Waals surface area (Å²) in [5, 5.41) is 9.17. The van der Waals surface area contributed by atoms with Gasteiger partial charge in [-0.3, -0.25) is 4.79 Å². The van der Waals surface area contributed by atoms with Gasteiger partial charge in [-0.1, -0.05) is 31.2 Å². The van der Waals surface area contributed by atoms with E-state index in [1.165, 1.54) is 24.6 Å². The van der Waals surface area contributed by atoms with Crippen molar-refractivity contribution in [1.29, 1.82) is 0 Å². The smallest absolute Gasteiger partial charge is 0.319 e. The SMILES string of the molecule is C=CCn1c(S[C@H](CCC)C(=O)OCC)nnc1C1CC1. The van der Waals surface area contributed by atoms with Crippen LogP contribution in [0, 0.1) is 0 Å². The number of carbonyl (C=O) groups excluding carboxylic acids is 1. The van der Waals surface area contributed by atoms with Crippen molar-refractivity contribution in [2.45, 2.75) is 62.4 Å². The first-order valence-electron chi connectivity index (χ1n) is 7.58. The summed E-state index contributed by atoms with van der Waals surface area (Å²) in [6, 6.07) is 0. The number of ether oxygens (including phenoxy) is 1. The van der Waals surface area contributed by atoms with Gasteiger partial charge in [-0.2, -0.15) is 0 Å². The molecule has 6 heteroatoms. The Morgan fingerprint density at radius 1 is 1.52 bits per heavy atom. The van der Waals surface area contributed by atoms with E-state index in [0.29, 0.717) is 19.1 Å². The quantitative estimate of drug-likeness (QED) is 0.398. The standard InChI is InChI=1S/C15H23N3O2S/c1-4-7-12(14(19)20-6-3)21-15-17-16-13(11-8-9-11)18(15)10-5-2/h5,11-12H,2,4,6-10H2,1,3H3/t12-/m1/s1. The third-order valence-corrected chi connectivity index (χ3v) is 4.57. The molecule has 1 saturated carbocycles. The fourth-order valence-electron chi connectivity index (χ4n) is 2.18. The Morgan fingerprint density at radius 2 is 2.29 bits per heavy atom. The lowest BCUT2D eigenvalue weighted by Crippen LogP contribution is -2.21. The minimum Gasteiger partial charge on any atom is -0.465 e. The lowest BCUT2D eigenvalue weighted by atomic mass is 10.2. The van der Waals surface area contributed by atoms with Crippen molar-refractivity contribution < 1.29 is 9.53 Å². The fourth-order valence-corrected chi connectivity index (χ4v) is 3.34. The molecular weight excluding hydrogens is 286 g/mol. The van der Waals surface area contributed by atoms with Crippen LogP contribution in [0.3, 0.4) is 0 Å². The van der Waals surface area contributed by atoms with Crippen LogP contribution in [0.1, 0.15) is 51.3 Å². The van der Waals surface area contributed by atoms with E-state index in [4.69, 9.17) is 4.74 Å². The lowest BCUT2D eigenvalue weighted by molar-refractivity contribution is -0.142. The van der Waals surface area contributed by atoms with Gasteiger partial charge in [0.25, 0.3) is 0 Å². The molecule has 0 amide bonds. The molecule has 0 aliphatic heterocycles. The molecule has 0 radical (unpaired) electrons. The molecule has 1 atom stereocenters. The number of esters is 1. The summed E-state index contributed by atoms with van der Waals surface area (Å²) in [6.07, 6.45) is 5.91. The summed E-state index contributed by atoms with van der Waals surface area (Å²) in [7, 11) is 0. The minimum absolute atomic E-state index is 0.162. The van der Waals surface area contributed by atoms with Gasteiger partial charge in [0.15, 0.2) is 5.16 Å². The van der Waals surface area contributed by atoms with Crippen LogP contribution in [-0.2, 0) is 16.1 Å². The van der Waals surface area contributed by atoms with Crippen LogP contribution in [0.2, 0.25) is 0 Å². The molecule has 0 bridgehead atoms. The van der Waals surface area contributed by atoms with Crippen molar-refractivity contribution in [3.8, 4) is 0 Å². The highest BCUT2D eigenvalue weighted by atomic mass is 32.2. The molecular formula is C15H23N3O2S. The highest BCUT2D eigenvalue weighted by Crippen LogP contribution is 2.40. The second-order valence-electron chi connectivity index (χ2n) is 5.16. The van der Waals surface area contributed by atoms with E-state index in [1.807, 2.05) is 13.0 Å². The molecule has 21 heavy (non-hydrogen) atoms. The van der Waals surface area contributed by atoms with Gasteiger partial charge in [0, 0.05) is 12.5 Å². The van der Waals surface area contributed by atoms with Crippen LogP contribution in [-0.4, -0.2) is 32.6 Å². The Bertz CT molecular complexity index is 497. The normalized spacial score (nSPS) is 15.7. The molecule has 0 N–H and O–H groups in total. The summed E-state index contributed by atoms with van der Waals surface area (Å²) in [5.74, 6) is 1.39. The maximum Gasteiger partial charge on any atom is 0.319 e. The third-order valence-electron chi connectivity index (χ3n) is 3.35. The van der Waals surface area contributed by atoms with Crippen LogP contribution in [0.4, 0.5) is 0 Å². The molecule has 0 saturated heterocycles. The van der Waals surface area contributed by atoms with Crippen molar-refractivity contribution in [1.82, 2.24) is 14.8 Å². The molecule has 0 spiro atoms. The summed E-state index contributed by atoms with van der Waals surface area (Å²) < 4.78 is 7.24. The van der Waals surface area contributed by atoms with Crippen molar-refractivity contribution in [2.75, 3.05) is 6.61 Å². The first-order valence-corrected chi connectivity index (χ1v) is 8.46. The number of hydrogen-bond acceptors (Lipinski definition) is 5. The lowest BCUT2D eigenvalue weighted by Gasteiger charge is -2.14. The number of hydrogen-bond donors (Lipinski definition) is 0. The highest BCUT2D eigenvalue weighted by Gasteiger charge is 2.31. The van der Waals surface area contributed by atoms with Crippen molar-refractivity contribution in [3.05, 3.63) is 18.5 Å². The van der Waals surface area contributed by atoms with E-state index in [9.17, 15) is 4.79 Å². The molecule has 116 valence electrons. The average Bonchev–Trinajstić information content (AvgIpc) is 3.23. The van der Waals surface area contributed by atoms with Gasteiger partial charge in [0.05, 0.1) is 6.61 Å². The summed E-state index contributed by atoms with van der Waals surface area (Å²) >= 11 is 1.46. The zero-order valence-corrected chi connectivity index (χ0v) is 13.6. The first kappa shape index (κ1) is 16.1. The predicted molar refractivity (Wildman–Crippen MR) is 83.4 cm³/mol. The maximum atomic E-state index is 12.0. The van der Waals surface area contributed by atoms with E-state index in [0.717, 1.165) is 23.8 Å². The Hall–Kier alpha value is -1.30. The van der Waals surface area contributed by atoms with E-state index < -0.39 is 0 Å². The van der Waals surface area contributed by atoms with Gasteiger partial charge in [-0.15, -0.1) is 16.8 Å². The average molecular weight is 309 g/mol. The maximum absolute atomic E-state index is 12.0. The molecule has 1 aliphatic rings. The van der Waals surface area contributed by atoms with Crippen LogP contribution in [0.5, 0.6) is 0 Å². The zero-order chi connectivity index (χ0) is 15.2. The molecule has 0 aromatic carbocycles. The Labute approximate surface area is 130 Å². The van der Waals surface area contributed by atoms with Crippen LogP contribution >= 0.6 is 11.8 Å². The number of carbonyl (C=O) groups is 1. The monoisotopic (exact) mass is 309 g/mol. The Kier molecular flexibility index (Phi) is 5.85. The topological polar surface area (TPSA) is 57.0 Å². The van der Waals surface area contributed by atoms with Crippen LogP contribution in [0.15, 0.2) is 17.8 Å². The minimum atomic E-state index is -0.213. The number of rotatable bonds is 9. The highest BCUT2D eigenvalue weighted by molar-refractivity contribution is 8.00. The van der Waals surface area contributed by atoms with Gasteiger partial charge < -0.3 is 9.30 Å². The third kappa shape index (κ3) is 4.09. The zero-order valence-electron chi connectivity index (χ0n) is 12.7. The molecule has 1 aromatic heterocycles. The molecule has 1 aliphatic carbocycles. The van der Waals surface area contributed by atoms with Gasteiger partial charge in [0.2, 0.25) is 0 Å². The van der Waals surface area contributed by atoms with Gasteiger partial charge >= 0.3 is 5.97 Å². The molecule has 2 rings (SSSR count). The fraction of sp³-hybridized carbons (Fsp3) is 0.667. The molecule has 0 unspecified atom stereocenters. The largest absolute Gasteiger partial charge is 0.465 e. The van der Waals surface area contributed by atoms with Gasteiger partial charge in [0.1, 0.15) is 11.1 Å². The van der Waals surface area contributed by atoms with E-state index in [1.54, 1.807) is 0 Å². The van der Waals surface area contributed by atoms with E-state index in [2.05, 4.69) is 28.3 Å². The van der Waals surface area contributed by atoms with E-state index in [-0.39, 0.29) is 11.2 Å². The summed E-state index contributed by atoms with van der Waals surface area (Å²) in [6.45, 7) is 8.79. The predicted octanol–water partition coefficient (Wildman–Crippen LogP) is 3.17. The van der Waals surface area contributed by atoms with Crippen molar-refractivity contribution in [2.24, 2.45) is 0 Å². The van der Waals surface area contributed by atoms with Crippen LogP contribution < -0.4 is 0 Å². The molecule has 5 nitrogen and oxygen atoms in total. The van der Waals surface area contributed by atoms with E-state index >= 15 is 0 Å². The Balaban J connectivity index is 2.15. The molecule has 1 heterocycles. The van der Waals surface area contributed by atoms with Crippen molar-refractivity contribution >= 4 is 17.7 Å². The first-order chi connectivity index (χ1) is 10.2. The summed E-state index contributed by atoms with van der Waals surface area (Å²) in [5.41, 5.74) is 0. The molecule has 1 aromatic rings. The van der Waals surface area contributed by atoms with Crippen molar-refractivity contribution in [3.63, 3.8) is 0 Å².